The highest BCUT2D eigenvalue weighted by molar-refractivity contribution is 7.99. The number of amides is 1. The van der Waals surface area contributed by atoms with Crippen molar-refractivity contribution < 1.29 is 27.1 Å². The van der Waals surface area contributed by atoms with E-state index in [1.54, 1.807) is 9.80 Å². The molecule has 43 heavy (non-hydrogen) atoms. The first-order valence-electron chi connectivity index (χ1n) is 13.9. The average molecular weight is 639 g/mol. The van der Waals surface area contributed by atoms with Gasteiger partial charge in [0.15, 0.2) is 0 Å². The maximum atomic E-state index is 14.9. The van der Waals surface area contributed by atoms with Gasteiger partial charge in [-0.25, -0.2) is 9.18 Å². The second-order valence-corrected chi connectivity index (χ2v) is 12.3. The molecule has 7 nitrogen and oxygen atoms in total. The van der Waals surface area contributed by atoms with Gasteiger partial charge in [-0.3, -0.25) is 9.36 Å². The van der Waals surface area contributed by atoms with Crippen LogP contribution in [0, 0.1) is 5.82 Å². The molecule has 0 radical (unpaired) electrons. The van der Waals surface area contributed by atoms with Crippen molar-refractivity contribution in [2.45, 2.75) is 63.0 Å². The number of carbonyl (C=O) groups excluding carboxylic acids is 1. The van der Waals surface area contributed by atoms with Crippen LogP contribution in [0.3, 0.4) is 0 Å². The number of rotatable bonds is 6. The molecule has 1 aromatic heterocycles. The average Bonchev–Trinajstić information content (AvgIpc) is 3.14. The molecule has 0 bridgehead atoms. The van der Waals surface area contributed by atoms with Crippen molar-refractivity contribution in [3.05, 3.63) is 63.8 Å². The lowest BCUT2D eigenvalue weighted by atomic mass is 9.96. The van der Waals surface area contributed by atoms with E-state index in [1.165, 1.54) is 22.8 Å². The van der Waals surface area contributed by atoms with Gasteiger partial charge in [-0.2, -0.15) is 18.2 Å². The summed E-state index contributed by atoms with van der Waals surface area (Å²) in [6.07, 6.45) is -3.31. The van der Waals surface area contributed by atoms with Gasteiger partial charge in [0.1, 0.15) is 11.6 Å². The third kappa shape index (κ3) is 5.88. The van der Waals surface area contributed by atoms with E-state index in [2.05, 4.69) is 11.6 Å². The minimum Gasteiger partial charge on any atom is -0.375 e. The Morgan fingerprint density at radius 3 is 2.51 bits per heavy atom. The Labute approximate surface area is 255 Å². The zero-order valence-electron chi connectivity index (χ0n) is 23.9. The van der Waals surface area contributed by atoms with E-state index in [9.17, 15) is 27.2 Å². The van der Waals surface area contributed by atoms with Gasteiger partial charge in [-0.1, -0.05) is 31.2 Å². The monoisotopic (exact) mass is 638 g/mol. The first-order chi connectivity index (χ1) is 20.3. The van der Waals surface area contributed by atoms with Gasteiger partial charge in [-0.15, -0.1) is 11.8 Å². The zero-order valence-corrected chi connectivity index (χ0v) is 25.5. The van der Waals surface area contributed by atoms with Crippen LogP contribution in [0.25, 0.3) is 22.0 Å². The van der Waals surface area contributed by atoms with E-state index >= 15 is 0 Å². The standard InChI is InChI=1S/C30H31ClF4N4O3S/c1-5-9-42-19-14-38-26-20(28(36-29(38)41)37-12-16(3)39(17(4)13-37)24(40)6-2)11-21(30(33,34)35)25(27(26)43-15-19)18-7-8-23(32)22(31)10-18/h6-8,10-11,16-17,19H,2,5,9,12-15H2,1,3-4H3/t16-,17+,19?. The summed E-state index contributed by atoms with van der Waals surface area (Å²) in [6.45, 7) is 10.2. The van der Waals surface area contributed by atoms with Gasteiger partial charge in [0, 0.05) is 53.4 Å². The van der Waals surface area contributed by atoms with Gasteiger partial charge in [-0.05, 0) is 50.1 Å². The number of hydrogen-bond acceptors (Lipinski definition) is 6. The third-order valence-electron chi connectivity index (χ3n) is 7.72. The predicted molar refractivity (Wildman–Crippen MR) is 160 cm³/mol. The highest BCUT2D eigenvalue weighted by Crippen LogP contribution is 2.48. The number of benzene rings is 2. The second-order valence-electron chi connectivity index (χ2n) is 10.8. The summed E-state index contributed by atoms with van der Waals surface area (Å²) in [5.41, 5.74) is -1.38. The molecule has 2 aliphatic rings. The third-order valence-corrected chi connectivity index (χ3v) is 9.23. The molecule has 3 aromatic rings. The molecule has 13 heteroatoms. The van der Waals surface area contributed by atoms with E-state index < -0.39 is 29.4 Å². The number of nitrogens with zero attached hydrogens (tertiary/aromatic N) is 4. The smallest absolute Gasteiger partial charge is 0.375 e. The van der Waals surface area contributed by atoms with E-state index in [0.29, 0.717) is 12.1 Å². The number of piperazine rings is 1. The SMILES string of the molecule is C=CC(=O)N1[C@H](C)CN(c2nc(=O)n3c4c(c(-c5ccc(F)c(Cl)c5)c(C(F)(F)F)cc24)SCC(OCCC)C3)C[C@@H]1C. The van der Waals surface area contributed by atoms with Crippen LogP contribution in [0.1, 0.15) is 32.8 Å². The van der Waals surface area contributed by atoms with Crippen LogP contribution in [-0.2, 0) is 22.3 Å². The lowest BCUT2D eigenvalue weighted by Gasteiger charge is -2.44. The summed E-state index contributed by atoms with van der Waals surface area (Å²) in [5.74, 6) is -0.611. The quantitative estimate of drug-likeness (QED) is 0.230. The molecule has 3 heterocycles. The van der Waals surface area contributed by atoms with Crippen LogP contribution in [0.5, 0.6) is 0 Å². The summed E-state index contributed by atoms with van der Waals surface area (Å²) in [4.78, 5) is 34.2. The van der Waals surface area contributed by atoms with Crippen molar-refractivity contribution in [2.75, 3.05) is 30.3 Å². The van der Waals surface area contributed by atoms with Crippen molar-refractivity contribution in [1.82, 2.24) is 14.5 Å². The van der Waals surface area contributed by atoms with Crippen LogP contribution in [-0.4, -0.2) is 64.0 Å². The highest BCUT2D eigenvalue weighted by Gasteiger charge is 2.40. The molecular weight excluding hydrogens is 608 g/mol. The predicted octanol–water partition coefficient (Wildman–Crippen LogP) is 6.39. The van der Waals surface area contributed by atoms with Gasteiger partial charge in [0.25, 0.3) is 0 Å². The number of anilines is 1. The first-order valence-corrected chi connectivity index (χ1v) is 15.3. The lowest BCUT2D eigenvalue weighted by molar-refractivity contribution is -0.137. The van der Waals surface area contributed by atoms with E-state index in [4.69, 9.17) is 16.3 Å². The van der Waals surface area contributed by atoms with Crippen molar-refractivity contribution in [3.63, 3.8) is 0 Å². The fourth-order valence-corrected chi connectivity index (χ4v) is 7.42. The molecule has 1 amide bonds. The van der Waals surface area contributed by atoms with Crippen LogP contribution in [0.4, 0.5) is 23.4 Å². The van der Waals surface area contributed by atoms with Crippen LogP contribution in [0.2, 0.25) is 5.02 Å². The molecule has 0 saturated carbocycles. The Balaban J connectivity index is 1.80. The maximum absolute atomic E-state index is 14.9. The molecule has 230 valence electrons. The molecule has 1 unspecified atom stereocenters. The van der Waals surface area contributed by atoms with Crippen LogP contribution in [0.15, 0.2) is 46.6 Å². The number of halogens is 5. The molecule has 2 aliphatic heterocycles. The minimum atomic E-state index is -4.81. The zero-order chi connectivity index (χ0) is 31.2. The van der Waals surface area contributed by atoms with Gasteiger partial charge in [0.05, 0.1) is 28.8 Å². The Morgan fingerprint density at radius 2 is 1.91 bits per heavy atom. The van der Waals surface area contributed by atoms with Crippen molar-refractivity contribution >= 4 is 46.0 Å². The molecule has 0 N–H and O–H groups in total. The highest BCUT2D eigenvalue weighted by atomic mass is 35.5. The number of hydrogen-bond donors (Lipinski definition) is 0. The van der Waals surface area contributed by atoms with Gasteiger partial charge >= 0.3 is 11.9 Å². The fourth-order valence-electron chi connectivity index (χ4n) is 5.96. The molecule has 3 atom stereocenters. The summed E-state index contributed by atoms with van der Waals surface area (Å²) in [5, 5.41) is -0.158. The topological polar surface area (TPSA) is 67.7 Å². The number of thioether (sulfide) groups is 1. The molecule has 0 aliphatic carbocycles. The summed E-state index contributed by atoms with van der Waals surface area (Å²) in [6, 6.07) is 3.83. The van der Waals surface area contributed by atoms with Crippen molar-refractivity contribution in [1.29, 1.82) is 0 Å². The van der Waals surface area contributed by atoms with Crippen LogP contribution < -0.4 is 10.6 Å². The largest absolute Gasteiger partial charge is 0.417 e. The normalized spacial score (nSPS) is 20.8. The Bertz CT molecular complexity index is 1630. The second kappa shape index (κ2) is 12.1. The molecule has 2 aromatic carbocycles. The Morgan fingerprint density at radius 1 is 1.21 bits per heavy atom. The van der Waals surface area contributed by atoms with E-state index in [1.807, 2.05) is 20.8 Å². The lowest BCUT2D eigenvalue weighted by Crippen LogP contribution is -2.58. The van der Waals surface area contributed by atoms with Crippen LogP contribution >= 0.6 is 23.4 Å². The molecule has 5 rings (SSSR count). The molecule has 0 spiro atoms. The summed E-state index contributed by atoms with van der Waals surface area (Å²) < 4.78 is 66.1. The number of alkyl halides is 3. The summed E-state index contributed by atoms with van der Waals surface area (Å²) in [7, 11) is 0. The first kappa shape index (κ1) is 31.3. The van der Waals surface area contributed by atoms with Gasteiger partial charge in [0.2, 0.25) is 5.91 Å². The van der Waals surface area contributed by atoms with Crippen molar-refractivity contribution in [3.8, 4) is 11.1 Å². The van der Waals surface area contributed by atoms with E-state index in [0.717, 1.165) is 30.3 Å². The Kier molecular flexibility index (Phi) is 8.84. The number of ether oxygens (including phenoxy) is 1. The molecule has 1 saturated heterocycles. The Hall–Kier alpha value is -3.09. The maximum Gasteiger partial charge on any atom is 0.417 e. The number of carbonyl (C=O) groups is 1. The summed E-state index contributed by atoms with van der Waals surface area (Å²) >= 11 is 7.20. The molecule has 1 fully saturated rings. The number of aromatic nitrogens is 2. The van der Waals surface area contributed by atoms with E-state index in [-0.39, 0.29) is 75.6 Å². The molecular formula is C30H31ClF4N4O3S. The van der Waals surface area contributed by atoms with Crippen molar-refractivity contribution in [2.24, 2.45) is 0 Å². The fraction of sp³-hybridized carbons (Fsp3) is 0.433. The van der Waals surface area contributed by atoms with Gasteiger partial charge < -0.3 is 14.5 Å². The minimum absolute atomic E-state index is 0.0761.